The average molecular weight is 155 g/mol. The van der Waals surface area contributed by atoms with Crippen molar-refractivity contribution in [3.05, 3.63) is 0 Å². The van der Waals surface area contributed by atoms with Crippen LogP contribution in [0.5, 0.6) is 0 Å². The van der Waals surface area contributed by atoms with Crippen LogP contribution in [0.3, 0.4) is 0 Å². The number of nitrogens with zero attached hydrogens (tertiary/aromatic N) is 2. The number of guanidine groups is 1. The van der Waals surface area contributed by atoms with E-state index in [-0.39, 0.29) is 18.1 Å². The van der Waals surface area contributed by atoms with Gasteiger partial charge < -0.3 is 10.8 Å². The van der Waals surface area contributed by atoms with Crippen LogP contribution in [0.1, 0.15) is 19.3 Å². The molecule has 0 bridgehead atoms. The molecule has 11 heavy (non-hydrogen) atoms. The van der Waals surface area contributed by atoms with Crippen molar-refractivity contribution in [3.63, 3.8) is 0 Å². The fraction of sp³-hybridized carbons (Fsp3) is 0.714. The molecule has 0 aromatic heterocycles. The smallest absolute Gasteiger partial charge is 0.215 e. The van der Waals surface area contributed by atoms with E-state index in [0.29, 0.717) is 0 Å². The molecule has 4 heteroatoms. The van der Waals surface area contributed by atoms with Crippen LogP contribution in [0.2, 0.25) is 0 Å². The van der Waals surface area contributed by atoms with Crippen molar-refractivity contribution >= 4 is 12.7 Å². The fourth-order valence-electron chi connectivity index (χ4n) is 1.28. The van der Waals surface area contributed by atoms with Crippen LogP contribution in [0, 0.1) is 0 Å². The van der Waals surface area contributed by atoms with E-state index in [9.17, 15) is 5.11 Å². The van der Waals surface area contributed by atoms with E-state index < -0.39 is 0 Å². The highest BCUT2D eigenvalue weighted by Crippen LogP contribution is 2.21. The number of hydrogen-bond acceptors (Lipinski definition) is 2. The number of aliphatic hydroxyl groups excluding tert-OH is 1. The third kappa shape index (κ3) is 2.01. The highest BCUT2D eigenvalue weighted by Gasteiger charge is 2.24. The summed E-state index contributed by atoms with van der Waals surface area (Å²) in [5.74, 6) is 0.177. The summed E-state index contributed by atoms with van der Waals surface area (Å²) in [5.41, 5.74) is 5.32. The fourth-order valence-corrected chi connectivity index (χ4v) is 1.28. The summed E-state index contributed by atoms with van der Waals surface area (Å²) < 4.78 is 0. The SMILES string of the molecule is C=NC(N)=N[C@H]1CCC[C@H]1O. The summed E-state index contributed by atoms with van der Waals surface area (Å²) in [4.78, 5) is 7.44. The minimum atomic E-state index is -0.338. The number of aliphatic imine (C=N–C) groups is 2. The molecule has 2 atom stereocenters. The van der Waals surface area contributed by atoms with Gasteiger partial charge in [0.1, 0.15) is 0 Å². The zero-order chi connectivity index (χ0) is 8.27. The first-order valence-electron chi connectivity index (χ1n) is 3.72. The van der Waals surface area contributed by atoms with Gasteiger partial charge in [-0.15, -0.1) is 0 Å². The van der Waals surface area contributed by atoms with E-state index in [1.165, 1.54) is 0 Å². The van der Waals surface area contributed by atoms with Gasteiger partial charge in [0.05, 0.1) is 12.1 Å². The molecule has 1 aliphatic carbocycles. The maximum absolute atomic E-state index is 9.31. The van der Waals surface area contributed by atoms with Gasteiger partial charge >= 0.3 is 0 Å². The molecule has 1 fully saturated rings. The van der Waals surface area contributed by atoms with E-state index in [1.807, 2.05) is 0 Å². The molecule has 0 heterocycles. The van der Waals surface area contributed by atoms with Crippen LogP contribution in [-0.2, 0) is 0 Å². The standard InChI is InChI=1S/C7H13N3O/c1-9-7(8)10-5-3-2-4-6(5)11/h5-6,11H,1-4H2,(H2,8,10)/t5-,6+/m0/s1. The van der Waals surface area contributed by atoms with E-state index in [4.69, 9.17) is 5.73 Å². The predicted octanol–water partition coefficient (Wildman–Crippen LogP) is -0.0849. The number of nitrogens with two attached hydrogens (primary N) is 1. The van der Waals surface area contributed by atoms with Gasteiger partial charge in [-0.2, -0.15) is 0 Å². The predicted molar refractivity (Wildman–Crippen MR) is 44.8 cm³/mol. The van der Waals surface area contributed by atoms with E-state index >= 15 is 0 Å². The number of aliphatic hydroxyl groups is 1. The molecule has 1 aliphatic rings. The summed E-state index contributed by atoms with van der Waals surface area (Å²) in [6.07, 6.45) is 2.39. The maximum Gasteiger partial charge on any atom is 0.215 e. The van der Waals surface area contributed by atoms with Gasteiger partial charge in [0, 0.05) is 0 Å². The Labute approximate surface area is 65.8 Å². The normalized spacial score (nSPS) is 32.3. The Morgan fingerprint density at radius 3 is 2.73 bits per heavy atom. The van der Waals surface area contributed by atoms with Gasteiger partial charge in [0.2, 0.25) is 5.96 Å². The third-order valence-electron chi connectivity index (χ3n) is 1.90. The monoisotopic (exact) mass is 155 g/mol. The highest BCUT2D eigenvalue weighted by atomic mass is 16.3. The molecule has 0 aromatic rings. The molecule has 0 aliphatic heterocycles. The molecule has 0 spiro atoms. The lowest BCUT2D eigenvalue weighted by molar-refractivity contribution is 0.166. The number of hydrogen-bond donors (Lipinski definition) is 2. The minimum absolute atomic E-state index is 0.0551. The first-order valence-corrected chi connectivity index (χ1v) is 3.72. The molecular weight excluding hydrogens is 142 g/mol. The van der Waals surface area contributed by atoms with Crippen LogP contribution in [0.15, 0.2) is 9.98 Å². The molecular formula is C7H13N3O. The molecule has 4 nitrogen and oxygen atoms in total. The van der Waals surface area contributed by atoms with Gasteiger partial charge in [-0.1, -0.05) is 0 Å². The van der Waals surface area contributed by atoms with Gasteiger partial charge in [-0.25, -0.2) is 9.98 Å². The van der Waals surface area contributed by atoms with Gasteiger partial charge in [-0.3, -0.25) is 0 Å². The number of rotatable bonds is 1. The Morgan fingerprint density at radius 2 is 2.27 bits per heavy atom. The average Bonchev–Trinajstić information content (AvgIpc) is 2.37. The summed E-state index contributed by atoms with van der Waals surface area (Å²) in [6, 6.07) is -0.0551. The topological polar surface area (TPSA) is 71.0 Å². The Morgan fingerprint density at radius 1 is 1.55 bits per heavy atom. The Kier molecular flexibility index (Phi) is 2.59. The second-order valence-electron chi connectivity index (χ2n) is 2.71. The molecule has 1 saturated carbocycles. The largest absolute Gasteiger partial charge is 0.391 e. The first-order chi connectivity index (χ1) is 5.24. The van der Waals surface area contributed by atoms with Crippen molar-refractivity contribution in [3.8, 4) is 0 Å². The van der Waals surface area contributed by atoms with Crippen LogP contribution in [0.4, 0.5) is 0 Å². The van der Waals surface area contributed by atoms with Crippen LogP contribution in [-0.4, -0.2) is 29.9 Å². The second kappa shape index (κ2) is 3.48. The van der Waals surface area contributed by atoms with Crippen molar-refractivity contribution in [1.29, 1.82) is 0 Å². The highest BCUT2D eigenvalue weighted by molar-refractivity contribution is 5.82. The molecule has 3 N–H and O–H groups in total. The van der Waals surface area contributed by atoms with E-state index in [2.05, 4.69) is 16.7 Å². The Balaban J connectivity index is 2.54. The Bertz CT molecular complexity index is 179. The maximum atomic E-state index is 9.31. The van der Waals surface area contributed by atoms with Crippen molar-refractivity contribution in [2.75, 3.05) is 0 Å². The molecule has 0 saturated heterocycles. The second-order valence-corrected chi connectivity index (χ2v) is 2.71. The molecule has 62 valence electrons. The van der Waals surface area contributed by atoms with Crippen molar-refractivity contribution in [2.45, 2.75) is 31.4 Å². The lowest BCUT2D eigenvalue weighted by Crippen LogP contribution is -2.21. The molecule has 0 radical (unpaired) electrons. The molecule has 1 rings (SSSR count). The van der Waals surface area contributed by atoms with Crippen LogP contribution < -0.4 is 5.73 Å². The molecule has 0 unspecified atom stereocenters. The van der Waals surface area contributed by atoms with E-state index in [0.717, 1.165) is 19.3 Å². The summed E-state index contributed by atoms with van der Waals surface area (Å²) in [5, 5.41) is 9.31. The van der Waals surface area contributed by atoms with Crippen molar-refractivity contribution < 1.29 is 5.11 Å². The summed E-state index contributed by atoms with van der Waals surface area (Å²) >= 11 is 0. The third-order valence-corrected chi connectivity index (χ3v) is 1.90. The van der Waals surface area contributed by atoms with E-state index in [1.54, 1.807) is 0 Å². The lowest BCUT2D eigenvalue weighted by Gasteiger charge is -2.07. The van der Waals surface area contributed by atoms with Gasteiger partial charge in [0.15, 0.2) is 0 Å². The molecule has 0 amide bonds. The Hall–Kier alpha value is -0.900. The minimum Gasteiger partial charge on any atom is -0.391 e. The van der Waals surface area contributed by atoms with Crippen molar-refractivity contribution in [2.24, 2.45) is 15.7 Å². The zero-order valence-corrected chi connectivity index (χ0v) is 6.40. The van der Waals surface area contributed by atoms with Crippen molar-refractivity contribution in [1.82, 2.24) is 0 Å². The quantitative estimate of drug-likeness (QED) is 0.410. The van der Waals surface area contributed by atoms with Crippen LogP contribution in [0.25, 0.3) is 0 Å². The summed E-state index contributed by atoms with van der Waals surface area (Å²) in [7, 11) is 0. The molecule has 0 aromatic carbocycles. The summed E-state index contributed by atoms with van der Waals surface area (Å²) in [6.45, 7) is 3.24. The zero-order valence-electron chi connectivity index (χ0n) is 6.40. The first kappa shape index (κ1) is 8.20. The lowest BCUT2D eigenvalue weighted by atomic mass is 10.2. The van der Waals surface area contributed by atoms with Gasteiger partial charge in [-0.05, 0) is 26.0 Å². The van der Waals surface area contributed by atoms with Crippen LogP contribution >= 0.6 is 0 Å². The van der Waals surface area contributed by atoms with Gasteiger partial charge in [0.25, 0.3) is 0 Å².